The van der Waals surface area contributed by atoms with Gasteiger partial charge in [0.05, 0.1) is 25.7 Å². The number of anilines is 1. The van der Waals surface area contributed by atoms with Gasteiger partial charge in [-0.1, -0.05) is 37.3 Å². The van der Waals surface area contributed by atoms with Crippen LogP contribution in [0.25, 0.3) is 0 Å². The lowest BCUT2D eigenvalue weighted by Gasteiger charge is -2.28. The Kier molecular flexibility index (Phi) is 6.17. The number of aryl methyl sites for hydroxylation is 1. The Balaban J connectivity index is 1.66. The minimum Gasteiger partial charge on any atom is -0.378 e. The highest BCUT2D eigenvalue weighted by atomic mass is 16.5. The zero-order valence-corrected chi connectivity index (χ0v) is 15.4. The maximum Gasteiger partial charge on any atom is 0.227 e. The second kappa shape index (κ2) is 8.76. The molecule has 1 aliphatic rings. The quantitative estimate of drug-likeness (QED) is 0.863. The van der Waals surface area contributed by atoms with Crippen molar-refractivity contribution in [3.05, 3.63) is 53.5 Å². The van der Waals surface area contributed by atoms with Crippen LogP contribution in [0.2, 0.25) is 0 Å². The molecule has 1 amide bonds. The first-order valence-electron chi connectivity index (χ1n) is 9.17. The fourth-order valence-corrected chi connectivity index (χ4v) is 3.19. The van der Waals surface area contributed by atoms with E-state index in [4.69, 9.17) is 4.74 Å². The molecule has 0 aliphatic carbocycles. The van der Waals surface area contributed by atoms with Crippen molar-refractivity contribution in [1.29, 1.82) is 0 Å². The lowest BCUT2D eigenvalue weighted by molar-refractivity contribution is -0.122. The van der Waals surface area contributed by atoms with Gasteiger partial charge in [0.25, 0.3) is 0 Å². The van der Waals surface area contributed by atoms with Crippen LogP contribution in [0.1, 0.15) is 36.3 Å². The number of amides is 1. The molecule has 138 valence electrons. The monoisotopic (exact) mass is 354 g/mol. The smallest absolute Gasteiger partial charge is 0.227 e. The number of carbonyl (C=O) groups is 1. The molecule has 1 saturated heterocycles. The average molecular weight is 354 g/mol. The number of aromatic nitrogens is 2. The van der Waals surface area contributed by atoms with Gasteiger partial charge in [-0.3, -0.25) is 4.79 Å². The lowest BCUT2D eigenvalue weighted by atomic mass is 9.96. The van der Waals surface area contributed by atoms with Gasteiger partial charge in [-0.15, -0.1) is 0 Å². The number of ether oxygens (including phenoxy) is 1. The molecule has 6 nitrogen and oxygen atoms in total. The summed E-state index contributed by atoms with van der Waals surface area (Å²) < 4.78 is 5.40. The summed E-state index contributed by atoms with van der Waals surface area (Å²) in [5.74, 6) is 1.40. The average Bonchev–Trinajstić information content (AvgIpc) is 2.68. The molecule has 2 heterocycles. The van der Waals surface area contributed by atoms with Crippen LogP contribution in [-0.2, 0) is 16.1 Å². The van der Waals surface area contributed by atoms with Gasteiger partial charge in [0, 0.05) is 24.8 Å². The maximum absolute atomic E-state index is 12.6. The van der Waals surface area contributed by atoms with Crippen LogP contribution in [0.3, 0.4) is 0 Å². The van der Waals surface area contributed by atoms with Crippen LogP contribution >= 0.6 is 0 Å². The number of carbonyl (C=O) groups excluding carboxylic acids is 1. The molecule has 2 aromatic rings. The maximum atomic E-state index is 12.6. The van der Waals surface area contributed by atoms with Crippen molar-refractivity contribution in [2.24, 2.45) is 0 Å². The molecular formula is C20H26N4O2. The van der Waals surface area contributed by atoms with Crippen molar-refractivity contribution in [3.63, 3.8) is 0 Å². The highest BCUT2D eigenvalue weighted by Gasteiger charge is 2.19. The van der Waals surface area contributed by atoms with Gasteiger partial charge >= 0.3 is 0 Å². The Morgan fingerprint density at radius 3 is 2.65 bits per heavy atom. The Morgan fingerprint density at radius 1 is 1.23 bits per heavy atom. The van der Waals surface area contributed by atoms with Crippen molar-refractivity contribution in [2.45, 2.75) is 32.7 Å². The molecule has 0 saturated carbocycles. The zero-order chi connectivity index (χ0) is 18.4. The minimum absolute atomic E-state index is 0.0109. The fourth-order valence-electron chi connectivity index (χ4n) is 3.19. The van der Waals surface area contributed by atoms with Crippen LogP contribution in [0.15, 0.2) is 36.4 Å². The minimum atomic E-state index is -0.153. The van der Waals surface area contributed by atoms with Gasteiger partial charge in [0.2, 0.25) is 5.91 Å². The molecule has 26 heavy (non-hydrogen) atoms. The molecule has 1 aromatic carbocycles. The van der Waals surface area contributed by atoms with E-state index in [1.807, 2.05) is 50.2 Å². The standard InChI is InChI=1S/C20H26N4O2/c1-3-17(16-7-5-4-6-8-16)20(25)21-14-18-22-15(2)13-19(23-18)24-9-11-26-12-10-24/h4-8,13,17H,3,9-12,14H2,1-2H3,(H,21,25)/t17-/m1/s1. The second-order valence-electron chi connectivity index (χ2n) is 6.47. The van der Waals surface area contributed by atoms with Gasteiger partial charge in [0.15, 0.2) is 0 Å². The first-order valence-corrected chi connectivity index (χ1v) is 9.17. The number of nitrogens with one attached hydrogen (secondary N) is 1. The molecule has 3 rings (SSSR count). The van der Waals surface area contributed by atoms with E-state index < -0.39 is 0 Å². The zero-order valence-electron chi connectivity index (χ0n) is 15.4. The summed E-state index contributed by atoms with van der Waals surface area (Å²) in [5, 5.41) is 3.00. The number of benzene rings is 1. The third-order valence-corrected chi connectivity index (χ3v) is 4.57. The predicted molar refractivity (Wildman–Crippen MR) is 101 cm³/mol. The van der Waals surface area contributed by atoms with E-state index in [2.05, 4.69) is 20.2 Å². The van der Waals surface area contributed by atoms with Crippen LogP contribution in [-0.4, -0.2) is 42.2 Å². The molecule has 0 spiro atoms. The largest absolute Gasteiger partial charge is 0.378 e. The number of hydrogen-bond donors (Lipinski definition) is 1. The topological polar surface area (TPSA) is 67.4 Å². The van der Waals surface area contributed by atoms with E-state index in [1.165, 1.54) is 0 Å². The Labute approximate surface area is 154 Å². The van der Waals surface area contributed by atoms with Crippen molar-refractivity contribution in [1.82, 2.24) is 15.3 Å². The molecule has 0 bridgehead atoms. The lowest BCUT2D eigenvalue weighted by Crippen LogP contribution is -2.37. The highest BCUT2D eigenvalue weighted by Crippen LogP contribution is 2.19. The number of hydrogen-bond acceptors (Lipinski definition) is 5. The normalized spacial score (nSPS) is 15.5. The molecular weight excluding hydrogens is 328 g/mol. The second-order valence-corrected chi connectivity index (χ2v) is 6.47. The Hall–Kier alpha value is -2.47. The predicted octanol–water partition coefficient (Wildman–Crippen LogP) is 2.43. The first-order chi connectivity index (χ1) is 12.7. The van der Waals surface area contributed by atoms with Gasteiger partial charge in [0.1, 0.15) is 11.6 Å². The van der Waals surface area contributed by atoms with Gasteiger partial charge in [-0.25, -0.2) is 9.97 Å². The molecule has 1 atom stereocenters. The van der Waals surface area contributed by atoms with E-state index in [1.54, 1.807) is 0 Å². The number of nitrogens with zero attached hydrogens (tertiary/aromatic N) is 3. The summed E-state index contributed by atoms with van der Waals surface area (Å²) >= 11 is 0. The summed E-state index contributed by atoms with van der Waals surface area (Å²) in [4.78, 5) is 23.9. The Morgan fingerprint density at radius 2 is 1.96 bits per heavy atom. The van der Waals surface area contributed by atoms with E-state index in [-0.39, 0.29) is 11.8 Å². The van der Waals surface area contributed by atoms with Crippen molar-refractivity contribution in [3.8, 4) is 0 Å². The van der Waals surface area contributed by atoms with E-state index in [9.17, 15) is 4.79 Å². The van der Waals surface area contributed by atoms with Crippen LogP contribution in [0, 0.1) is 6.92 Å². The molecule has 6 heteroatoms. The summed E-state index contributed by atoms with van der Waals surface area (Å²) in [5.41, 5.74) is 1.94. The molecule has 1 fully saturated rings. The van der Waals surface area contributed by atoms with E-state index in [0.717, 1.165) is 36.6 Å². The van der Waals surface area contributed by atoms with E-state index in [0.29, 0.717) is 25.6 Å². The van der Waals surface area contributed by atoms with Crippen molar-refractivity contribution in [2.75, 3.05) is 31.2 Å². The van der Waals surface area contributed by atoms with Crippen LogP contribution in [0.4, 0.5) is 5.82 Å². The molecule has 0 unspecified atom stereocenters. The number of rotatable bonds is 6. The third-order valence-electron chi connectivity index (χ3n) is 4.57. The third kappa shape index (κ3) is 4.58. The molecule has 1 N–H and O–H groups in total. The van der Waals surface area contributed by atoms with Gasteiger partial charge in [-0.2, -0.15) is 0 Å². The van der Waals surface area contributed by atoms with Crippen LogP contribution < -0.4 is 10.2 Å². The molecule has 0 radical (unpaired) electrons. The number of morpholine rings is 1. The summed E-state index contributed by atoms with van der Waals surface area (Å²) in [6, 6.07) is 11.9. The summed E-state index contributed by atoms with van der Waals surface area (Å²) in [6.45, 7) is 7.39. The fraction of sp³-hybridized carbons (Fsp3) is 0.450. The SMILES string of the molecule is CC[C@@H](C(=O)NCc1nc(C)cc(N2CCOCC2)n1)c1ccccc1. The first kappa shape index (κ1) is 18.3. The van der Waals surface area contributed by atoms with Crippen molar-refractivity contribution >= 4 is 11.7 Å². The van der Waals surface area contributed by atoms with Gasteiger partial charge < -0.3 is 15.0 Å². The highest BCUT2D eigenvalue weighted by molar-refractivity contribution is 5.83. The Bertz CT molecular complexity index is 730. The molecule has 1 aromatic heterocycles. The van der Waals surface area contributed by atoms with Crippen LogP contribution in [0.5, 0.6) is 0 Å². The van der Waals surface area contributed by atoms with E-state index >= 15 is 0 Å². The summed E-state index contributed by atoms with van der Waals surface area (Å²) in [6.07, 6.45) is 0.754. The summed E-state index contributed by atoms with van der Waals surface area (Å²) in [7, 11) is 0. The molecule has 1 aliphatic heterocycles. The van der Waals surface area contributed by atoms with Gasteiger partial charge in [-0.05, 0) is 18.9 Å². The van der Waals surface area contributed by atoms with Crippen molar-refractivity contribution < 1.29 is 9.53 Å².